The van der Waals surface area contributed by atoms with Crippen molar-refractivity contribution in [2.24, 2.45) is 0 Å². The number of carboxylic acid groups (broad SMARTS) is 1. The highest BCUT2D eigenvalue weighted by Crippen LogP contribution is 2.44. The van der Waals surface area contributed by atoms with E-state index >= 15 is 0 Å². The molecule has 15 aromatic rings. The second-order valence-corrected chi connectivity index (χ2v) is 34.7. The van der Waals surface area contributed by atoms with Crippen LogP contribution >= 0.6 is 11.6 Å². The van der Waals surface area contributed by atoms with Gasteiger partial charge >= 0.3 is 24.5 Å². The predicted octanol–water partition coefficient (Wildman–Crippen LogP) is 30.9. The Balaban J connectivity index is 0.000000177. The number of amides is 2. The summed E-state index contributed by atoms with van der Waals surface area (Å²) in [5, 5.41) is 16.6. The van der Waals surface area contributed by atoms with Gasteiger partial charge in [0.1, 0.15) is 35.4 Å². The lowest BCUT2D eigenvalue weighted by atomic mass is 9.86. The Hall–Kier alpha value is -15.6. The van der Waals surface area contributed by atoms with Gasteiger partial charge < -0.3 is 39.4 Å². The molecule has 0 aliphatic rings. The van der Waals surface area contributed by atoms with Gasteiger partial charge in [0.15, 0.2) is 17.3 Å². The molecule has 0 radical (unpaired) electrons. The summed E-state index contributed by atoms with van der Waals surface area (Å²) in [6, 6.07) is 91.9. The number of carbonyl (C=O) groups is 6. The zero-order valence-electron chi connectivity index (χ0n) is 77.5. The van der Waals surface area contributed by atoms with Crippen molar-refractivity contribution in [3.8, 4) is 84.8 Å². The number of ketones is 1. The molecule has 14 nitrogen and oxygen atoms in total. The zero-order valence-corrected chi connectivity index (χ0v) is 78.3. The number of para-hydroxylation sites is 2. The Morgan fingerprint density at radius 3 is 1.16 bits per heavy atom. The van der Waals surface area contributed by atoms with Crippen molar-refractivity contribution in [1.82, 2.24) is 0 Å². The van der Waals surface area contributed by atoms with Crippen molar-refractivity contribution < 1.29 is 97.1 Å². The van der Waals surface area contributed by atoms with Crippen LogP contribution in [0.15, 0.2) is 328 Å². The van der Waals surface area contributed by atoms with Crippen LogP contribution in [0.3, 0.4) is 0 Å². The summed E-state index contributed by atoms with van der Waals surface area (Å²) in [6.07, 6.45) is -11.3. The molecule has 15 aromatic carbocycles. The average Bonchev–Trinajstić information content (AvgIpc) is 0.786. The molecule has 2 amide bonds. The maximum atomic E-state index is 13.4. The fourth-order valence-corrected chi connectivity index (χ4v) is 16.1. The van der Waals surface area contributed by atoms with E-state index in [4.69, 9.17) is 35.3 Å². The number of rotatable bonds is 32. The van der Waals surface area contributed by atoms with Crippen LogP contribution in [0.4, 0.5) is 50.9 Å². The first-order valence-corrected chi connectivity index (χ1v) is 45.4. The first-order valence-electron chi connectivity index (χ1n) is 45.0. The quantitative estimate of drug-likeness (QED) is 0.0206. The summed E-state index contributed by atoms with van der Waals surface area (Å²) in [7, 11) is 0. The Labute approximate surface area is 810 Å². The first kappa shape index (κ1) is 102. The molecule has 15 rings (SSSR count). The molecule has 0 saturated heterocycles. The molecular formula is C116H98ClF9N2O12. The number of carboxylic acids is 1. The number of benzene rings is 15. The zero-order chi connectivity index (χ0) is 100. The summed E-state index contributed by atoms with van der Waals surface area (Å²) >= 11 is 6.33. The maximum absolute atomic E-state index is 13.4. The number of nitrogens with one attached hydrogen (secondary N) is 2. The van der Waals surface area contributed by atoms with E-state index in [9.17, 15) is 73.4 Å². The molecular weight excluding hydrogens is 1820 g/mol. The van der Waals surface area contributed by atoms with Crippen LogP contribution in [0, 0.1) is 13.8 Å². The molecule has 0 spiro atoms. The van der Waals surface area contributed by atoms with Crippen LogP contribution in [-0.4, -0.2) is 41.6 Å². The van der Waals surface area contributed by atoms with Gasteiger partial charge in [0.05, 0.1) is 33.6 Å². The highest BCUT2D eigenvalue weighted by molar-refractivity contribution is 6.32. The molecule has 24 heteroatoms. The van der Waals surface area contributed by atoms with E-state index in [2.05, 4.69) is 10.6 Å². The van der Waals surface area contributed by atoms with Crippen molar-refractivity contribution in [1.29, 1.82) is 0 Å². The number of aryl methyl sites for hydroxylation is 6. The summed E-state index contributed by atoms with van der Waals surface area (Å²) in [6.45, 7) is 16.6. The van der Waals surface area contributed by atoms with Gasteiger partial charge in [-0.1, -0.05) is 229 Å². The molecule has 0 aromatic heterocycles. The van der Waals surface area contributed by atoms with Gasteiger partial charge in [-0.2, -0.15) is 39.5 Å². The van der Waals surface area contributed by atoms with Gasteiger partial charge in [-0.3, -0.25) is 24.0 Å². The van der Waals surface area contributed by atoms with E-state index in [1.807, 2.05) is 213 Å². The van der Waals surface area contributed by atoms with Gasteiger partial charge in [-0.05, 0) is 315 Å². The van der Waals surface area contributed by atoms with E-state index in [1.54, 1.807) is 109 Å². The fraction of sp³-hybridized carbons (Fsp3) is 0.172. The molecule has 0 aliphatic carbocycles. The van der Waals surface area contributed by atoms with E-state index in [0.29, 0.717) is 106 Å². The fourth-order valence-electron chi connectivity index (χ4n) is 16.0. The summed E-state index contributed by atoms with van der Waals surface area (Å²) in [5.74, 6) is 0.940. The molecule has 140 heavy (non-hydrogen) atoms. The monoisotopic (exact) mass is 1920 g/mol. The lowest BCUT2D eigenvalue weighted by Crippen LogP contribution is -2.13. The minimum atomic E-state index is -4.47. The van der Waals surface area contributed by atoms with E-state index in [0.717, 1.165) is 118 Å². The van der Waals surface area contributed by atoms with Crippen molar-refractivity contribution in [2.75, 3.05) is 10.6 Å². The minimum absolute atomic E-state index is 0.00960. The Morgan fingerprint density at radius 1 is 0.357 bits per heavy atom. The van der Waals surface area contributed by atoms with Gasteiger partial charge in [0, 0.05) is 28.1 Å². The summed E-state index contributed by atoms with van der Waals surface area (Å²) in [5.41, 5.74) is 15.6. The highest BCUT2D eigenvalue weighted by Gasteiger charge is 2.34. The number of anilines is 2. The van der Waals surface area contributed by atoms with Gasteiger partial charge in [-0.15, -0.1) is 0 Å². The normalized spacial score (nSPS) is 11.3. The standard InChI is InChI=1S/C41H36ClF3O3.C38H32F3NO4.C37H30F3NO5/c1-24(2)35-21-33(22-38(46)31-16-14-29(15-17-31)32-18-25(3)39(42)26(4)19-32)37(40(47)48)23-36(35)30-12-10-27(11-13-30)8-9-28-6-5-7-34(20-28)41(43,44)45;1-25(2)33-22-35(42-37(44)28-16-18-32(19-17-28)46-31-12-4-3-5-13-31)36(45-24-43)23-34(33)29-10-6-8-26(20-29)14-15-27-9-7-11-30(21-27)38(39,40)41;1-24(2)32-20-34(41-36(43)26-14-16-30(17-15-26)46-29-11-4-3-5-12-29)35(45-23-42)21-33(32)27-9-6-8-25(18-27)22-44-31-13-7-10-28(19-31)37(38,39)40/h5-7,10-21,23-24H,8-9,22H2,1-4H3,(H,47,48);3-13,16-25H,14-15H2,1-2H3,(H,42,44);3-21,23-24H,22H2,1-2H3,(H,41,43). The molecule has 0 heterocycles. The maximum Gasteiger partial charge on any atom is 0.416 e. The molecule has 0 atom stereocenters. The van der Waals surface area contributed by atoms with Gasteiger partial charge in [-0.25, -0.2) is 4.79 Å². The third kappa shape index (κ3) is 27.2. The van der Waals surface area contributed by atoms with Crippen LogP contribution in [-0.2, 0) is 66.8 Å². The Kier molecular flexibility index (Phi) is 33.5. The van der Waals surface area contributed by atoms with Crippen molar-refractivity contribution >= 4 is 59.5 Å². The average molecular weight is 1920 g/mol. The molecule has 0 saturated carbocycles. The minimum Gasteiger partial charge on any atom is -0.489 e. The number of halogens is 10. The smallest absolute Gasteiger partial charge is 0.416 e. The third-order valence-corrected chi connectivity index (χ3v) is 23.9. The Bertz CT molecular complexity index is 6640. The largest absolute Gasteiger partial charge is 0.489 e. The van der Waals surface area contributed by atoms with Crippen LogP contribution in [0.25, 0.3) is 44.5 Å². The third-order valence-electron chi connectivity index (χ3n) is 23.3. The topological polar surface area (TPSA) is 193 Å². The second-order valence-electron chi connectivity index (χ2n) is 34.4. The van der Waals surface area contributed by atoms with E-state index in [1.165, 1.54) is 36.4 Å². The Morgan fingerprint density at radius 2 is 0.729 bits per heavy atom. The summed E-state index contributed by atoms with van der Waals surface area (Å²) < 4.78 is 146. The van der Waals surface area contributed by atoms with Crippen LogP contribution in [0.2, 0.25) is 5.02 Å². The molecule has 0 unspecified atom stereocenters. The highest BCUT2D eigenvalue weighted by atomic mass is 35.5. The molecule has 0 fully saturated rings. The number of Topliss-reactive ketones (excluding diaryl/α,β-unsaturated/α-hetero) is 1. The molecule has 714 valence electrons. The lowest BCUT2D eigenvalue weighted by molar-refractivity contribution is -0.138. The summed E-state index contributed by atoms with van der Waals surface area (Å²) in [4.78, 5) is 75.3. The van der Waals surface area contributed by atoms with E-state index in [-0.39, 0.29) is 65.3 Å². The lowest BCUT2D eigenvalue weighted by Gasteiger charge is -2.19. The number of ether oxygens (including phenoxy) is 5. The van der Waals surface area contributed by atoms with Crippen LogP contribution in [0.1, 0.15) is 179 Å². The second kappa shape index (κ2) is 46.0. The van der Waals surface area contributed by atoms with Gasteiger partial charge in [0.2, 0.25) is 0 Å². The molecule has 0 bridgehead atoms. The molecule has 3 N–H and O–H groups in total. The van der Waals surface area contributed by atoms with Crippen LogP contribution in [0.5, 0.6) is 40.2 Å². The van der Waals surface area contributed by atoms with Gasteiger partial charge in [0.25, 0.3) is 24.8 Å². The van der Waals surface area contributed by atoms with Crippen molar-refractivity contribution in [3.63, 3.8) is 0 Å². The predicted molar refractivity (Wildman–Crippen MR) is 528 cm³/mol. The number of carbonyl (C=O) groups excluding carboxylic acids is 5. The number of hydrogen-bond donors (Lipinski definition) is 3. The molecule has 0 aliphatic heterocycles. The van der Waals surface area contributed by atoms with Crippen LogP contribution < -0.4 is 34.3 Å². The van der Waals surface area contributed by atoms with Crippen molar-refractivity contribution in [3.05, 3.63) is 433 Å². The first-order chi connectivity index (χ1) is 66.9. The SMILES string of the molecule is CC(C)c1cc(NC(=O)c2ccc(Oc3ccccc3)cc2)c(OC=O)cc1-c1cccc(CCc2cccc(C(F)(F)F)c2)c1.CC(C)c1cc(NC(=O)c2ccc(Oc3ccccc3)cc2)c(OC=O)cc1-c1cccc(COc2cccc(C(F)(F)F)c2)c1.Cc1cc(-c2ccc(C(=O)Cc3cc(C(C)C)c(-c4ccc(CCc5cccc(C(F)(F)F)c5)cc4)cc3C(=O)O)cc2)cc(C)c1Cl. The van der Waals surface area contributed by atoms with E-state index < -0.39 is 47.1 Å². The number of aromatic carboxylic acids is 1. The number of hydrogen-bond acceptors (Lipinski definition) is 11. The number of alkyl halides is 9. The van der Waals surface area contributed by atoms with Crippen molar-refractivity contribution in [2.45, 2.75) is 130 Å².